The number of carbonyl (C=O) groups excluding carboxylic acids is 3. The second-order valence-electron chi connectivity index (χ2n) is 5.45. The van der Waals surface area contributed by atoms with Crippen molar-refractivity contribution in [2.75, 3.05) is 26.1 Å². The summed E-state index contributed by atoms with van der Waals surface area (Å²) in [6.45, 7) is 0.876. The van der Waals surface area contributed by atoms with Crippen molar-refractivity contribution in [2.45, 2.75) is 6.92 Å². The standard InChI is InChI=1S/C19H18ClNO6/c1-11(22)12-5-4-6-13(7-12)19(24)27-10-18(23)21-15-8-14(20)16(25-2)9-17(15)26-3/h4-9H,10H2,1-3H3,(H,21,23). The average molecular weight is 392 g/mol. The van der Waals surface area contributed by atoms with E-state index < -0.39 is 18.5 Å². The maximum atomic E-state index is 12.1. The van der Waals surface area contributed by atoms with E-state index in [0.29, 0.717) is 22.7 Å². The van der Waals surface area contributed by atoms with Crippen LogP contribution in [0.4, 0.5) is 5.69 Å². The van der Waals surface area contributed by atoms with Crippen LogP contribution in [0.15, 0.2) is 36.4 Å². The molecule has 142 valence electrons. The van der Waals surface area contributed by atoms with Crippen molar-refractivity contribution in [1.82, 2.24) is 0 Å². The summed E-state index contributed by atoms with van der Waals surface area (Å²) in [6, 6.07) is 9.06. The van der Waals surface area contributed by atoms with Crippen molar-refractivity contribution in [3.05, 3.63) is 52.5 Å². The summed E-state index contributed by atoms with van der Waals surface area (Å²) in [4.78, 5) is 35.5. The summed E-state index contributed by atoms with van der Waals surface area (Å²) in [5, 5.41) is 2.84. The van der Waals surface area contributed by atoms with Crippen LogP contribution in [0.3, 0.4) is 0 Å². The Labute approximate surface area is 161 Å². The molecule has 0 saturated heterocycles. The van der Waals surface area contributed by atoms with E-state index in [4.69, 9.17) is 25.8 Å². The van der Waals surface area contributed by atoms with Crippen molar-refractivity contribution in [2.24, 2.45) is 0 Å². The molecule has 7 nitrogen and oxygen atoms in total. The van der Waals surface area contributed by atoms with Crippen molar-refractivity contribution in [3.63, 3.8) is 0 Å². The monoisotopic (exact) mass is 391 g/mol. The number of carbonyl (C=O) groups is 3. The van der Waals surface area contributed by atoms with Crippen LogP contribution < -0.4 is 14.8 Å². The fourth-order valence-corrected chi connectivity index (χ4v) is 2.46. The van der Waals surface area contributed by atoms with E-state index in [0.717, 1.165) is 0 Å². The SMILES string of the molecule is COc1cc(OC)c(NC(=O)COC(=O)c2cccc(C(C)=O)c2)cc1Cl. The second kappa shape index (κ2) is 9.05. The number of ketones is 1. The highest BCUT2D eigenvalue weighted by molar-refractivity contribution is 6.32. The van der Waals surface area contributed by atoms with Crippen LogP contribution in [0.1, 0.15) is 27.6 Å². The first kappa shape index (κ1) is 20.3. The second-order valence-corrected chi connectivity index (χ2v) is 5.86. The largest absolute Gasteiger partial charge is 0.495 e. The molecule has 0 atom stereocenters. The Kier molecular flexibility index (Phi) is 6.79. The van der Waals surface area contributed by atoms with Crippen molar-refractivity contribution in [3.8, 4) is 11.5 Å². The Hall–Kier alpha value is -3.06. The highest BCUT2D eigenvalue weighted by Gasteiger charge is 2.15. The van der Waals surface area contributed by atoms with Gasteiger partial charge in [0.1, 0.15) is 11.5 Å². The molecular weight excluding hydrogens is 374 g/mol. The van der Waals surface area contributed by atoms with Gasteiger partial charge >= 0.3 is 5.97 Å². The maximum absolute atomic E-state index is 12.1. The molecule has 0 saturated carbocycles. The molecule has 0 aromatic heterocycles. The first-order chi connectivity index (χ1) is 12.8. The average Bonchev–Trinajstić information content (AvgIpc) is 2.66. The minimum absolute atomic E-state index is 0.175. The summed E-state index contributed by atoms with van der Waals surface area (Å²) >= 11 is 6.05. The van der Waals surface area contributed by atoms with Crippen LogP contribution >= 0.6 is 11.6 Å². The zero-order valence-corrected chi connectivity index (χ0v) is 15.8. The zero-order chi connectivity index (χ0) is 20.0. The third-order valence-electron chi connectivity index (χ3n) is 3.59. The number of esters is 1. The number of hydrogen-bond donors (Lipinski definition) is 1. The Morgan fingerprint density at radius 3 is 2.30 bits per heavy atom. The van der Waals surface area contributed by atoms with E-state index in [1.807, 2.05) is 0 Å². The normalized spacial score (nSPS) is 10.1. The highest BCUT2D eigenvalue weighted by atomic mass is 35.5. The molecule has 2 aromatic rings. The summed E-state index contributed by atoms with van der Waals surface area (Å²) in [6.07, 6.45) is 0. The lowest BCUT2D eigenvalue weighted by atomic mass is 10.1. The molecule has 27 heavy (non-hydrogen) atoms. The van der Waals surface area contributed by atoms with Crippen LogP contribution in [-0.2, 0) is 9.53 Å². The smallest absolute Gasteiger partial charge is 0.338 e. The van der Waals surface area contributed by atoms with Gasteiger partial charge in [-0.1, -0.05) is 23.7 Å². The Balaban J connectivity index is 2.02. The number of halogens is 1. The van der Waals surface area contributed by atoms with E-state index in [1.54, 1.807) is 12.1 Å². The maximum Gasteiger partial charge on any atom is 0.338 e. The van der Waals surface area contributed by atoms with Gasteiger partial charge in [0.2, 0.25) is 0 Å². The molecule has 0 heterocycles. The van der Waals surface area contributed by atoms with E-state index in [1.165, 1.54) is 45.4 Å². The van der Waals surface area contributed by atoms with Gasteiger partial charge < -0.3 is 19.5 Å². The van der Waals surface area contributed by atoms with E-state index >= 15 is 0 Å². The number of amides is 1. The first-order valence-corrected chi connectivity index (χ1v) is 8.23. The third kappa shape index (κ3) is 5.21. The van der Waals surface area contributed by atoms with Crippen LogP contribution in [-0.4, -0.2) is 38.5 Å². The number of ether oxygens (including phenoxy) is 3. The molecule has 1 amide bonds. The van der Waals surface area contributed by atoms with Gasteiger partial charge in [-0.3, -0.25) is 9.59 Å². The van der Waals surface area contributed by atoms with Gasteiger partial charge in [-0.25, -0.2) is 4.79 Å². The number of methoxy groups -OCH3 is 2. The first-order valence-electron chi connectivity index (χ1n) is 7.85. The predicted octanol–water partition coefficient (Wildman–Crippen LogP) is 3.36. The number of anilines is 1. The van der Waals surface area contributed by atoms with E-state index in [-0.39, 0.29) is 16.4 Å². The molecule has 0 aliphatic heterocycles. The Morgan fingerprint density at radius 2 is 1.67 bits per heavy atom. The summed E-state index contributed by atoms with van der Waals surface area (Å²) in [5.74, 6) is -0.738. The van der Waals surface area contributed by atoms with Gasteiger partial charge in [0.25, 0.3) is 5.91 Å². The van der Waals surface area contributed by atoms with E-state index in [9.17, 15) is 14.4 Å². The Morgan fingerprint density at radius 1 is 1.00 bits per heavy atom. The number of hydrogen-bond acceptors (Lipinski definition) is 6. The lowest BCUT2D eigenvalue weighted by Crippen LogP contribution is -2.21. The fourth-order valence-electron chi connectivity index (χ4n) is 2.22. The minimum Gasteiger partial charge on any atom is -0.495 e. The van der Waals surface area contributed by atoms with Gasteiger partial charge in [-0.2, -0.15) is 0 Å². The van der Waals surface area contributed by atoms with Crippen LogP contribution in [0, 0.1) is 0 Å². The minimum atomic E-state index is -0.715. The summed E-state index contributed by atoms with van der Waals surface area (Å²) < 4.78 is 15.2. The molecule has 0 aliphatic carbocycles. The Bertz CT molecular complexity index is 880. The van der Waals surface area contributed by atoms with Crippen LogP contribution in [0.25, 0.3) is 0 Å². The zero-order valence-electron chi connectivity index (χ0n) is 15.0. The molecule has 0 unspecified atom stereocenters. The van der Waals surface area contributed by atoms with Crippen LogP contribution in [0.2, 0.25) is 5.02 Å². The number of benzene rings is 2. The van der Waals surface area contributed by atoms with E-state index in [2.05, 4.69) is 5.32 Å². The number of rotatable bonds is 7. The molecular formula is C19H18ClNO6. The topological polar surface area (TPSA) is 90.9 Å². The lowest BCUT2D eigenvalue weighted by molar-refractivity contribution is -0.119. The van der Waals surface area contributed by atoms with Gasteiger partial charge in [0, 0.05) is 11.6 Å². The molecule has 0 bridgehead atoms. The third-order valence-corrected chi connectivity index (χ3v) is 3.88. The van der Waals surface area contributed by atoms with Crippen molar-refractivity contribution < 1.29 is 28.6 Å². The van der Waals surface area contributed by atoms with Gasteiger partial charge in [-0.15, -0.1) is 0 Å². The molecule has 2 rings (SSSR count). The van der Waals surface area contributed by atoms with Crippen molar-refractivity contribution in [1.29, 1.82) is 0 Å². The number of nitrogens with one attached hydrogen (secondary N) is 1. The molecule has 2 aromatic carbocycles. The molecule has 0 spiro atoms. The lowest BCUT2D eigenvalue weighted by Gasteiger charge is -2.13. The molecule has 1 N–H and O–H groups in total. The van der Waals surface area contributed by atoms with Gasteiger partial charge in [-0.05, 0) is 25.1 Å². The fraction of sp³-hybridized carbons (Fsp3) is 0.211. The summed E-state index contributed by atoms with van der Waals surface area (Å²) in [5.41, 5.74) is 0.870. The highest BCUT2D eigenvalue weighted by Crippen LogP contribution is 2.35. The summed E-state index contributed by atoms with van der Waals surface area (Å²) in [7, 11) is 2.89. The van der Waals surface area contributed by atoms with Gasteiger partial charge in [0.05, 0.1) is 30.5 Å². The quantitative estimate of drug-likeness (QED) is 0.575. The molecule has 0 radical (unpaired) electrons. The van der Waals surface area contributed by atoms with Crippen LogP contribution in [0.5, 0.6) is 11.5 Å². The van der Waals surface area contributed by atoms with Gasteiger partial charge in [0.15, 0.2) is 12.4 Å². The number of Topliss-reactive ketones (excluding diaryl/α,β-unsaturated/α-hetero) is 1. The molecule has 0 aliphatic rings. The predicted molar refractivity (Wildman–Crippen MR) is 99.9 cm³/mol. The molecule has 0 fully saturated rings. The molecule has 8 heteroatoms. The van der Waals surface area contributed by atoms with Crippen molar-refractivity contribution >= 4 is 34.9 Å².